The van der Waals surface area contributed by atoms with E-state index in [1.807, 2.05) is 11.8 Å². The molecule has 0 N–H and O–H groups in total. The molecule has 9 heavy (non-hydrogen) atoms. The first-order chi connectivity index (χ1) is 4.33. The lowest BCUT2D eigenvalue weighted by Gasteiger charge is -2.14. The van der Waals surface area contributed by atoms with Crippen LogP contribution >= 0.6 is 0 Å². The van der Waals surface area contributed by atoms with Gasteiger partial charge in [-0.25, -0.2) is 0 Å². The van der Waals surface area contributed by atoms with Gasteiger partial charge in [0.2, 0.25) is 5.91 Å². The number of hydrogen-bond acceptors (Lipinski definition) is 1. The molecule has 0 spiro atoms. The molecule has 2 atom stereocenters. The van der Waals surface area contributed by atoms with Crippen LogP contribution in [0, 0.1) is 11.8 Å². The molecule has 2 nitrogen and oxygen atoms in total. The topological polar surface area (TPSA) is 20.3 Å². The summed E-state index contributed by atoms with van der Waals surface area (Å²) in [4.78, 5) is 13.1. The van der Waals surface area contributed by atoms with Gasteiger partial charge in [-0.1, -0.05) is 0 Å². The molecule has 1 unspecified atom stereocenters. The molecule has 2 fully saturated rings. The predicted molar refractivity (Wildman–Crippen MR) is 33.9 cm³/mol. The van der Waals surface area contributed by atoms with Crippen LogP contribution in [0.1, 0.15) is 13.3 Å². The Kier molecular flexibility index (Phi) is 0.875. The molecule has 1 saturated carbocycles. The van der Waals surface area contributed by atoms with Crippen molar-refractivity contribution in [1.82, 2.24) is 4.90 Å². The number of carbonyl (C=O) groups excluding carboxylic acids is 1. The van der Waals surface area contributed by atoms with E-state index in [1.54, 1.807) is 0 Å². The van der Waals surface area contributed by atoms with E-state index in [9.17, 15) is 4.79 Å². The van der Waals surface area contributed by atoms with Crippen molar-refractivity contribution in [2.24, 2.45) is 11.8 Å². The molecule has 2 heteroatoms. The third kappa shape index (κ3) is 0.590. The molecule has 2 rings (SSSR count). The predicted octanol–water partition coefficient (Wildman–Crippen LogP) is 0.485. The molecule has 0 aromatic rings. The number of hydrogen-bond donors (Lipinski definition) is 0. The van der Waals surface area contributed by atoms with Crippen LogP contribution in [0.25, 0.3) is 0 Å². The largest absolute Gasteiger partial charge is 0.342 e. The van der Waals surface area contributed by atoms with Crippen LogP contribution in [0.2, 0.25) is 0 Å². The van der Waals surface area contributed by atoms with Gasteiger partial charge in [0.15, 0.2) is 0 Å². The van der Waals surface area contributed by atoms with Gasteiger partial charge in [-0.05, 0) is 19.3 Å². The van der Waals surface area contributed by atoms with E-state index in [0.29, 0.717) is 11.8 Å². The third-order valence-corrected chi connectivity index (χ3v) is 2.39. The van der Waals surface area contributed by atoms with Crippen molar-refractivity contribution < 1.29 is 4.79 Å². The normalized spacial score (nSPS) is 39.2. The molecule has 1 saturated heterocycles. The van der Waals surface area contributed by atoms with Gasteiger partial charge in [0, 0.05) is 19.0 Å². The minimum atomic E-state index is 0.405. The lowest BCUT2D eigenvalue weighted by molar-refractivity contribution is -0.129. The smallest absolute Gasteiger partial charge is 0.226 e. The second-order valence-corrected chi connectivity index (χ2v) is 2.98. The first-order valence-corrected chi connectivity index (χ1v) is 3.61. The van der Waals surface area contributed by atoms with Crippen molar-refractivity contribution in [2.75, 3.05) is 13.1 Å². The van der Waals surface area contributed by atoms with Gasteiger partial charge in [0.05, 0.1) is 0 Å². The van der Waals surface area contributed by atoms with Crippen molar-refractivity contribution in [3.8, 4) is 0 Å². The summed E-state index contributed by atoms with van der Waals surface area (Å²) >= 11 is 0. The lowest BCUT2D eigenvalue weighted by atomic mass is 10.4. The summed E-state index contributed by atoms with van der Waals surface area (Å²) in [5, 5.41) is 0. The highest BCUT2D eigenvalue weighted by Gasteiger charge is 2.51. The van der Waals surface area contributed by atoms with Crippen LogP contribution in [0.3, 0.4) is 0 Å². The van der Waals surface area contributed by atoms with Crippen molar-refractivity contribution >= 4 is 5.91 Å². The van der Waals surface area contributed by atoms with E-state index in [0.717, 1.165) is 19.0 Å². The van der Waals surface area contributed by atoms with Gasteiger partial charge in [0.1, 0.15) is 0 Å². The van der Waals surface area contributed by atoms with E-state index in [1.165, 1.54) is 6.42 Å². The quantitative estimate of drug-likeness (QED) is 0.499. The summed E-state index contributed by atoms with van der Waals surface area (Å²) < 4.78 is 0. The summed E-state index contributed by atoms with van der Waals surface area (Å²) in [6.07, 6.45) is 1.18. The van der Waals surface area contributed by atoms with Crippen molar-refractivity contribution in [3.05, 3.63) is 0 Å². The minimum absolute atomic E-state index is 0.405. The number of rotatable bonds is 1. The average Bonchev–Trinajstić information content (AvgIpc) is 2.55. The molecule has 1 amide bonds. The molecule has 50 valence electrons. The summed E-state index contributed by atoms with van der Waals surface area (Å²) in [6.45, 7) is 3.99. The SMILES string of the molecule is CCN1CC2C[C@@H]2C1=O. The zero-order chi connectivity index (χ0) is 6.43. The summed E-state index contributed by atoms with van der Waals surface area (Å²) in [5.74, 6) is 1.60. The molecule has 1 aliphatic heterocycles. The monoisotopic (exact) mass is 125 g/mol. The molecule has 0 radical (unpaired) electrons. The van der Waals surface area contributed by atoms with E-state index in [2.05, 4.69) is 0 Å². The Morgan fingerprint density at radius 2 is 2.56 bits per heavy atom. The standard InChI is InChI=1S/C7H11NO/c1-2-8-4-5-3-6(5)7(8)9/h5-6H,2-4H2,1H3/t5?,6-/m0/s1. The highest BCUT2D eigenvalue weighted by Crippen LogP contribution is 2.45. The number of likely N-dealkylation sites (tertiary alicyclic amines) is 1. The van der Waals surface area contributed by atoms with Gasteiger partial charge < -0.3 is 4.90 Å². The van der Waals surface area contributed by atoms with Crippen molar-refractivity contribution in [3.63, 3.8) is 0 Å². The third-order valence-electron chi connectivity index (χ3n) is 2.39. The second kappa shape index (κ2) is 1.49. The molecule has 0 aromatic heterocycles. The summed E-state index contributed by atoms with van der Waals surface area (Å²) in [5.41, 5.74) is 0. The minimum Gasteiger partial charge on any atom is -0.342 e. The van der Waals surface area contributed by atoms with E-state index in [-0.39, 0.29) is 0 Å². The Morgan fingerprint density at radius 1 is 1.78 bits per heavy atom. The molecule has 0 aromatic carbocycles. The number of carbonyl (C=O) groups is 1. The van der Waals surface area contributed by atoms with Crippen molar-refractivity contribution in [1.29, 1.82) is 0 Å². The molecular formula is C7H11NO. The molecule has 1 aliphatic carbocycles. The van der Waals surface area contributed by atoms with Crippen LogP contribution < -0.4 is 0 Å². The van der Waals surface area contributed by atoms with Crippen LogP contribution in [0.4, 0.5) is 0 Å². The van der Waals surface area contributed by atoms with E-state index >= 15 is 0 Å². The fourth-order valence-corrected chi connectivity index (χ4v) is 1.64. The van der Waals surface area contributed by atoms with Crippen LogP contribution in [0.15, 0.2) is 0 Å². The van der Waals surface area contributed by atoms with Gasteiger partial charge in [0.25, 0.3) is 0 Å². The number of amides is 1. The molecule has 2 aliphatic rings. The van der Waals surface area contributed by atoms with E-state index in [4.69, 9.17) is 0 Å². The maximum absolute atomic E-state index is 11.1. The van der Waals surface area contributed by atoms with Crippen LogP contribution in [-0.2, 0) is 4.79 Å². The Labute approximate surface area is 54.8 Å². The van der Waals surface area contributed by atoms with E-state index < -0.39 is 0 Å². The number of piperidine rings is 1. The first kappa shape index (κ1) is 5.27. The second-order valence-electron chi connectivity index (χ2n) is 2.98. The molecular weight excluding hydrogens is 114 g/mol. The van der Waals surface area contributed by atoms with Gasteiger partial charge in [-0.3, -0.25) is 4.79 Å². The Morgan fingerprint density at radius 3 is 2.89 bits per heavy atom. The van der Waals surface area contributed by atoms with Crippen molar-refractivity contribution in [2.45, 2.75) is 13.3 Å². The fraction of sp³-hybridized carbons (Fsp3) is 0.857. The summed E-state index contributed by atoms with van der Waals surface area (Å²) in [6, 6.07) is 0. The molecule has 1 heterocycles. The van der Waals surface area contributed by atoms with Gasteiger partial charge in [-0.15, -0.1) is 0 Å². The maximum atomic E-state index is 11.1. The summed E-state index contributed by atoms with van der Waals surface area (Å²) in [7, 11) is 0. The number of fused-ring (bicyclic) bond motifs is 1. The first-order valence-electron chi connectivity index (χ1n) is 3.61. The fourth-order valence-electron chi connectivity index (χ4n) is 1.64. The Bertz CT molecular complexity index is 155. The van der Waals surface area contributed by atoms with Gasteiger partial charge >= 0.3 is 0 Å². The zero-order valence-corrected chi connectivity index (χ0v) is 5.63. The van der Waals surface area contributed by atoms with Crippen LogP contribution in [-0.4, -0.2) is 23.9 Å². The van der Waals surface area contributed by atoms with Crippen LogP contribution in [0.5, 0.6) is 0 Å². The highest BCUT2D eigenvalue weighted by molar-refractivity contribution is 5.84. The Hall–Kier alpha value is -0.530. The lowest BCUT2D eigenvalue weighted by Crippen LogP contribution is -2.27. The number of nitrogens with zero attached hydrogens (tertiary/aromatic N) is 1. The highest BCUT2D eigenvalue weighted by atomic mass is 16.2. The average molecular weight is 125 g/mol. The maximum Gasteiger partial charge on any atom is 0.226 e. The van der Waals surface area contributed by atoms with Gasteiger partial charge in [-0.2, -0.15) is 0 Å². The Balaban J connectivity index is 2.08. The molecule has 0 bridgehead atoms. The zero-order valence-electron chi connectivity index (χ0n) is 5.63.